The van der Waals surface area contributed by atoms with Crippen molar-refractivity contribution in [1.29, 1.82) is 0 Å². The van der Waals surface area contributed by atoms with Crippen molar-refractivity contribution >= 4 is 15.9 Å². The average Bonchev–Trinajstić information content (AvgIpc) is 2.78. The topological polar surface area (TPSA) is 70.2 Å². The van der Waals surface area contributed by atoms with E-state index < -0.39 is 10.0 Å². The normalized spacial score (nSPS) is 15.2. The molecule has 0 N–H and O–H groups in total. The maximum absolute atomic E-state index is 14.3. The Labute approximate surface area is 189 Å². The summed E-state index contributed by atoms with van der Waals surface area (Å²) in [4.78, 5) is 17.1. The highest BCUT2D eigenvalue weighted by molar-refractivity contribution is 7.89. The summed E-state index contributed by atoms with van der Waals surface area (Å²) in [5.41, 5.74) is 1.38. The van der Waals surface area contributed by atoms with Crippen molar-refractivity contribution in [3.05, 3.63) is 65.0 Å². The van der Waals surface area contributed by atoms with Crippen LogP contribution in [0.1, 0.15) is 21.5 Å². The van der Waals surface area contributed by atoms with Gasteiger partial charge >= 0.3 is 0 Å². The van der Waals surface area contributed by atoms with Gasteiger partial charge in [-0.3, -0.25) is 4.79 Å². The smallest absolute Gasteiger partial charge is 0.254 e. The second kappa shape index (κ2) is 10.5. The van der Waals surface area contributed by atoms with Gasteiger partial charge in [-0.2, -0.15) is 4.31 Å². The number of aryl methyl sites for hydroxylation is 1. The van der Waals surface area contributed by atoms with Gasteiger partial charge in [-0.15, -0.1) is 0 Å². The number of rotatable bonds is 8. The molecule has 9 heteroatoms. The monoisotopic (exact) mass is 463 g/mol. The van der Waals surface area contributed by atoms with Crippen molar-refractivity contribution in [2.24, 2.45) is 0 Å². The van der Waals surface area contributed by atoms with Crippen LogP contribution in [-0.4, -0.2) is 81.9 Å². The minimum atomic E-state index is -3.74. The van der Waals surface area contributed by atoms with Crippen LogP contribution in [0.5, 0.6) is 0 Å². The molecule has 0 radical (unpaired) electrons. The first-order valence-electron chi connectivity index (χ1n) is 10.6. The van der Waals surface area contributed by atoms with Crippen LogP contribution in [0.25, 0.3) is 0 Å². The van der Waals surface area contributed by atoms with Crippen LogP contribution in [0.15, 0.2) is 47.4 Å². The lowest BCUT2D eigenvalue weighted by molar-refractivity contribution is 0.0725. The van der Waals surface area contributed by atoms with Gasteiger partial charge in [0.2, 0.25) is 10.0 Å². The van der Waals surface area contributed by atoms with Crippen LogP contribution in [0.4, 0.5) is 4.39 Å². The Hall–Kier alpha value is -2.33. The lowest BCUT2D eigenvalue weighted by Gasteiger charge is -2.27. The third kappa shape index (κ3) is 5.72. The number of amides is 1. The maximum Gasteiger partial charge on any atom is 0.254 e. The number of hydrogen-bond donors (Lipinski definition) is 0. The number of nitrogens with zero attached hydrogens (tertiary/aromatic N) is 3. The number of hydrogen-bond acceptors (Lipinski definition) is 5. The van der Waals surface area contributed by atoms with Gasteiger partial charge in [-0.05, 0) is 44.8 Å². The van der Waals surface area contributed by atoms with Crippen LogP contribution in [-0.2, 0) is 21.3 Å². The molecule has 1 saturated heterocycles. The standard InChI is InChI=1S/C23H30FN3O4S/c1-18-8-9-20(32(29,30)27-12-14-31-15-13-27)16-21(18)23(28)26(11-10-25(2)3)17-19-6-4-5-7-22(19)24/h4-9,16H,10-15,17H2,1-3H3. The number of carbonyl (C=O) groups is 1. The summed E-state index contributed by atoms with van der Waals surface area (Å²) < 4.78 is 47.1. The summed E-state index contributed by atoms with van der Waals surface area (Å²) >= 11 is 0. The molecule has 7 nitrogen and oxygen atoms in total. The Bertz CT molecular complexity index is 1050. The molecule has 2 aromatic rings. The molecule has 0 atom stereocenters. The minimum absolute atomic E-state index is 0.0757. The van der Waals surface area contributed by atoms with Crippen molar-refractivity contribution in [2.75, 3.05) is 53.5 Å². The second-order valence-corrected chi connectivity index (χ2v) is 10.1. The van der Waals surface area contributed by atoms with E-state index in [0.29, 0.717) is 43.0 Å². The molecule has 0 aliphatic carbocycles. The van der Waals surface area contributed by atoms with E-state index in [-0.39, 0.29) is 36.3 Å². The molecule has 2 aromatic carbocycles. The molecule has 0 saturated carbocycles. The number of halogens is 1. The molecule has 174 valence electrons. The first-order chi connectivity index (χ1) is 15.2. The Morgan fingerprint density at radius 2 is 1.78 bits per heavy atom. The molecule has 1 heterocycles. The SMILES string of the molecule is Cc1ccc(S(=O)(=O)N2CCOCC2)cc1C(=O)N(CCN(C)C)Cc1ccccc1F. The zero-order valence-corrected chi connectivity index (χ0v) is 19.6. The van der Waals surface area contributed by atoms with Crippen LogP contribution in [0, 0.1) is 12.7 Å². The lowest BCUT2D eigenvalue weighted by Crippen LogP contribution is -2.40. The van der Waals surface area contributed by atoms with E-state index in [1.54, 1.807) is 36.1 Å². The predicted molar refractivity (Wildman–Crippen MR) is 120 cm³/mol. The molecule has 3 rings (SSSR count). The molecule has 0 aromatic heterocycles. The van der Waals surface area contributed by atoms with Crippen molar-refractivity contribution in [3.8, 4) is 0 Å². The first-order valence-corrected chi connectivity index (χ1v) is 12.0. The summed E-state index contributed by atoms with van der Waals surface area (Å²) in [6.45, 7) is 4.08. The van der Waals surface area contributed by atoms with Crippen LogP contribution < -0.4 is 0 Å². The Morgan fingerprint density at radius 3 is 2.44 bits per heavy atom. The van der Waals surface area contributed by atoms with Gasteiger partial charge in [0, 0.05) is 43.9 Å². The maximum atomic E-state index is 14.3. The van der Waals surface area contributed by atoms with Gasteiger partial charge in [0.05, 0.1) is 18.1 Å². The summed E-state index contributed by atoms with van der Waals surface area (Å²) in [7, 11) is 0.0533. The van der Waals surface area contributed by atoms with Gasteiger partial charge in [0.1, 0.15) is 5.82 Å². The second-order valence-electron chi connectivity index (χ2n) is 8.11. The fourth-order valence-electron chi connectivity index (χ4n) is 3.50. The number of benzene rings is 2. The highest BCUT2D eigenvalue weighted by Gasteiger charge is 2.28. The summed E-state index contributed by atoms with van der Waals surface area (Å²) in [5.74, 6) is -0.706. The van der Waals surface area contributed by atoms with E-state index in [0.717, 1.165) is 0 Å². The molecular formula is C23H30FN3O4S. The van der Waals surface area contributed by atoms with E-state index in [4.69, 9.17) is 4.74 Å². The van der Waals surface area contributed by atoms with Gasteiger partial charge in [0.25, 0.3) is 5.91 Å². The number of ether oxygens (including phenoxy) is 1. The van der Waals surface area contributed by atoms with Gasteiger partial charge < -0.3 is 14.5 Å². The summed E-state index contributed by atoms with van der Waals surface area (Å²) in [6.07, 6.45) is 0. The molecule has 32 heavy (non-hydrogen) atoms. The van der Waals surface area contributed by atoms with Gasteiger partial charge in [0.15, 0.2) is 0 Å². The molecular weight excluding hydrogens is 433 g/mol. The fraction of sp³-hybridized carbons (Fsp3) is 0.435. The highest BCUT2D eigenvalue weighted by atomic mass is 32.2. The fourth-order valence-corrected chi connectivity index (χ4v) is 4.94. The van der Waals surface area contributed by atoms with Crippen molar-refractivity contribution in [1.82, 2.24) is 14.1 Å². The average molecular weight is 464 g/mol. The number of sulfonamides is 1. The molecule has 1 fully saturated rings. The Balaban J connectivity index is 1.92. The Morgan fingerprint density at radius 1 is 1.09 bits per heavy atom. The highest BCUT2D eigenvalue weighted by Crippen LogP contribution is 2.22. The van der Waals surface area contributed by atoms with Crippen LogP contribution in [0.2, 0.25) is 0 Å². The first kappa shape index (κ1) is 24.3. The van der Waals surface area contributed by atoms with Gasteiger partial charge in [-0.1, -0.05) is 24.3 Å². The van der Waals surface area contributed by atoms with E-state index in [1.165, 1.54) is 22.5 Å². The summed E-state index contributed by atoms with van der Waals surface area (Å²) in [6, 6.07) is 11.0. The van der Waals surface area contributed by atoms with Crippen molar-refractivity contribution in [2.45, 2.75) is 18.4 Å². The molecule has 0 unspecified atom stereocenters. The number of morpholine rings is 1. The lowest BCUT2D eigenvalue weighted by atomic mass is 10.1. The molecule has 0 spiro atoms. The number of likely N-dealkylation sites (N-methyl/N-ethyl adjacent to an activating group) is 1. The molecule has 1 aliphatic heterocycles. The third-order valence-corrected chi connectivity index (χ3v) is 7.37. The minimum Gasteiger partial charge on any atom is -0.379 e. The van der Waals surface area contributed by atoms with Crippen molar-refractivity contribution < 1.29 is 22.3 Å². The van der Waals surface area contributed by atoms with Crippen LogP contribution in [0.3, 0.4) is 0 Å². The predicted octanol–water partition coefficient (Wildman–Crippen LogP) is 2.36. The summed E-state index contributed by atoms with van der Waals surface area (Å²) in [5, 5.41) is 0. The zero-order chi connectivity index (χ0) is 23.3. The number of carbonyl (C=O) groups excluding carboxylic acids is 1. The van der Waals surface area contributed by atoms with E-state index in [1.807, 2.05) is 19.0 Å². The van der Waals surface area contributed by atoms with Gasteiger partial charge in [-0.25, -0.2) is 12.8 Å². The quantitative estimate of drug-likeness (QED) is 0.601. The van der Waals surface area contributed by atoms with Crippen LogP contribution >= 0.6 is 0 Å². The Kier molecular flexibility index (Phi) is 8.00. The van der Waals surface area contributed by atoms with E-state index in [2.05, 4.69) is 0 Å². The zero-order valence-electron chi connectivity index (χ0n) is 18.8. The van der Waals surface area contributed by atoms with E-state index in [9.17, 15) is 17.6 Å². The molecule has 1 aliphatic rings. The largest absolute Gasteiger partial charge is 0.379 e. The van der Waals surface area contributed by atoms with Crippen molar-refractivity contribution in [3.63, 3.8) is 0 Å². The molecule has 0 bridgehead atoms. The van der Waals surface area contributed by atoms with E-state index >= 15 is 0 Å². The third-order valence-electron chi connectivity index (χ3n) is 5.47. The molecule has 1 amide bonds.